The topological polar surface area (TPSA) is 72.6 Å². The second kappa shape index (κ2) is 7.61. The molecule has 1 saturated heterocycles. The molecule has 5 nitrogen and oxygen atoms in total. The van der Waals surface area contributed by atoms with Crippen LogP contribution in [0, 0.1) is 5.92 Å². The molecule has 1 fully saturated rings. The van der Waals surface area contributed by atoms with Gasteiger partial charge in [-0.1, -0.05) is 11.6 Å². The highest BCUT2D eigenvalue weighted by Gasteiger charge is 2.28. The number of ether oxygens (including phenoxy) is 1. The Labute approximate surface area is 135 Å². The van der Waals surface area contributed by atoms with Gasteiger partial charge in [0.25, 0.3) is 0 Å². The van der Waals surface area contributed by atoms with Gasteiger partial charge in [0.1, 0.15) is 5.75 Å². The van der Waals surface area contributed by atoms with Crippen LogP contribution in [0.5, 0.6) is 5.75 Å². The molecule has 1 aliphatic heterocycles. The number of rotatable bonds is 6. The van der Waals surface area contributed by atoms with Gasteiger partial charge in [-0.3, -0.25) is 9.59 Å². The number of primary amides is 1. The maximum atomic E-state index is 12.8. The second-order valence-corrected chi connectivity index (χ2v) is 6.00. The number of amides is 1. The predicted octanol–water partition coefficient (Wildman–Crippen LogP) is 2.12. The third-order valence-corrected chi connectivity index (χ3v) is 4.21. The van der Waals surface area contributed by atoms with E-state index in [4.69, 9.17) is 22.1 Å². The first-order valence-corrected chi connectivity index (χ1v) is 7.77. The number of nitrogens with zero attached hydrogens (tertiary/aromatic N) is 1. The summed E-state index contributed by atoms with van der Waals surface area (Å²) in [6.07, 6.45) is 2.08. The molecule has 22 heavy (non-hydrogen) atoms. The van der Waals surface area contributed by atoms with Gasteiger partial charge in [0.15, 0.2) is 5.78 Å². The van der Waals surface area contributed by atoms with Gasteiger partial charge in [0.05, 0.1) is 12.7 Å². The molecule has 1 amide bonds. The molecule has 0 radical (unpaired) electrons. The lowest BCUT2D eigenvalue weighted by Gasteiger charge is -2.31. The largest absolute Gasteiger partial charge is 0.496 e. The second-order valence-electron chi connectivity index (χ2n) is 5.56. The summed E-state index contributed by atoms with van der Waals surface area (Å²) in [7, 11) is 1.54. The lowest BCUT2D eigenvalue weighted by atomic mass is 9.89. The quantitative estimate of drug-likeness (QED) is 0.813. The van der Waals surface area contributed by atoms with Crippen molar-refractivity contribution in [2.24, 2.45) is 11.7 Å². The molecule has 1 aliphatic rings. The van der Waals surface area contributed by atoms with E-state index in [2.05, 4.69) is 4.90 Å². The Kier molecular flexibility index (Phi) is 5.80. The van der Waals surface area contributed by atoms with E-state index in [1.165, 1.54) is 0 Å². The molecule has 1 aromatic carbocycles. The molecular weight excluding hydrogens is 304 g/mol. The van der Waals surface area contributed by atoms with Crippen LogP contribution in [-0.4, -0.2) is 43.3 Å². The Hall–Kier alpha value is -1.59. The number of Topliss-reactive ketones (excluding diaryl/α,β-unsaturated/α-hetero) is 1. The number of methoxy groups -OCH3 is 1. The lowest BCUT2D eigenvalue weighted by molar-refractivity contribution is -0.118. The smallest absolute Gasteiger partial charge is 0.218 e. The number of piperidine rings is 1. The van der Waals surface area contributed by atoms with Gasteiger partial charge < -0.3 is 15.4 Å². The number of hydrogen-bond donors (Lipinski definition) is 1. The van der Waals surface area contributed by atoms with Gasteiger partial charge in [-0.25, -0.2) is 0 Å². The summed E-state index contributed by atoms with van der Waals surface area (Å²) in [6.45, 7) is 2.14. The van der Waals surface area contributed by atoms with Crippen molar-refractivity contribution in [3.05, 3.63) is 28.8 Å². The van der Waals surface area contributed by atoms with E-state index in [0.717, 1.165) is 19.4 Å². The van der Waals surface area contributed by atoms with Crippen LogP contribution >= 0.6 is 11.6 Å². The fraction of sp³-hybridized carbons (Fsp3) is 0.500. The van der Waals surface area contributed by atoms with Crippen LogP contribution < -0.4 is 10.5 Å². The summed E-state index contributed by atoms with van der Waals surface area (Å²) < 4.78 is 5.26. The molecule has 6 heteroatoms. The number of carbonyl (C=O) groups excluding carboxylic acids is 2. The standard InChI is InChI=1S/C16H21ClN2O3/c1-22-14-5-4-12(17)9-13(14)16(21)11-3-2-7-19(10-11)8-6-15(18)20/h4-5,9,11H,2-3,6-8,10H2,1H3,(H2,18,20)/t11-/m1/s1. The van der Waals surface area contributed by atoms with Crippen molar-refractivity contribution in [1.82, 2.24) is 4.90 Å². The zero-order valence-corrected chi connectivity index (χ0v) is 13.4. The summed E-state index contributed by atoms with van der Waals surface area (Å²) in [6, 6.07) is 5.07. The summed E-state index contributed by atoms with van der Waals surface area (Å²) >= 11 is 6.00. The van der Waals surface area contributed by atoms with E-state index in [9.17, 15) is 9.59 Å². The molecular formula is C16H21ClN2O3. The van der Waals surface area contributed by atoms with E-state index in [-0.39, 0.29) is 17.6 Å². The first kappa shape index (κ1) is 16.8. The van der Waals surface area contributed by atoms with Crippen LogP contribution in [0.4, 0.5) is 0 Å². The van der Waals surface area contributed by atoms with Crippen molar-refractivity contribution in [2.75, 3.05) is 26.7 Å². The van der Waals surface area contributed by atoms with E-state index in [1.807, 2.05) is 0 Å². The fourth-order valence-corrected chi connectivity index (χ4v) is 3.01. The molecule has 0 aromatic heterocycles. The van der Waals surface area contributed by atoms with Crippen molar-refractivity contribution >= 4 is 23.3 Å². The highest BCUT2D eigenvalue weighted by Crippen LogP contribution is 2.28. The van der Waals surface area contributed by atoms with Gasteiger partial charge in [0.2, 0.25) is 5.91 Å². The SMILES string of the molecule is COc1ccc(Cl)cc1C(=O)[C@@H]1CCCN(CCC(N)=O)C1. The monoisotopic (exact) mass is 324 g/mol. The average Bonchev–Trinajstić information content (AvgIpc) is 2.52. The van der Waals surface area contributed by atoms with Crippen LogP contribution in [0.3, 0.4) is 0 Å². The average molecular weight is 325 g/mol. The van der Waals surface area contributed by atoms with Crippen molar-refractivity contribution in [3.63, 3.8) is 0 Å². The highest BCUT2D eigenvalue weighted by atomic mass is 35.5. The summed E-state index contributed by atoms with van der Waals surface area (Å²) in [4.78, 5) is 25.8. The molecule has 0 unspecified atom stereocenters. The van der Waals surface area contributed by atoms with Gasteiger partial charge in [-0.2, -0.15) is 0 Å². The molecule has 1 atom stereocenters. The number of ketones is 1. The molecule has 2 N–H and O–H groups in total. The zero-order valence-electron chi connectivity index (χ0n) is 12.7. The Balaban J connectivity index is 2.08. The van der Waals surface area contributed by atoms with Crippen molar-refractivity contribution in [3.8, 4) is 5.75 Å². The summed E-state index contributed by atoms with van der Waals surface area (Å²) in [5.74, 6) is 0.172. The van der Waals surface area contributed by atoms with Gasteiger partial charge in [0, 0.05) is 30.5 Å². The van der Waals surface area contributed by atoms with E-state index in [0.29, 0.717) is 35.8 Å². The number of likely N-dealkylation sites (tertiary alicyclic amines) is 1. The first-order chi connectivity index (χ1) is 10.5. The van der Waals surface area contributed by atoms with Crippen LogP contribution in [0.2, 0.25) is 5.02 Å². The summed E-state index contributed by atoms with van der Waals surface area (Å²) in [5, 5.41) is 0.519. The molecule has 1 aromatic rings. The van der Waals surface area contributed by atoms with Crippen LogP contribution in [-0.2, 0) is 4.79 Å². The Morgan fingerprint density at radius 1 is 1.45 bits per heavy atom. The maximum absolute atomic E-state index is 12.8. The number of benzene rings is 1. The predicted molar refractivity (Wildman–Crippen MR) is 85.3 cm³/mol. The molecule has 120 valence electrons. The first-order valence-electron chi connectivity index (χ1n) is 7.39. The third kappa shape index (κ3) is 4.21. The Morgan fingerprint density at radius 3 is 2.91 bits per heavy atom. The number of nitrogens with two attached hydrogens (primary N) is 1. The number of carbonyl (C=O) groups is 2. The van der Waals surface area contributed by atoms with Crippen molar-refractivity contribution in [1.29, 1.82) is 0 Å². The van der Waals surface area contributed by atoms with Gasteiger partial charge in [-0.15, -0.1) is 0 Å². The molecule has 0 aliphatic carbocycles. The molecule has 2 rings (SSSR count). The minimum Gasteiger partial charge on any atom is -0.496 e. The lowest BCUT2D eigenvalue weighted by Crippen LogP contribution is -2.40. The number of halogens is 1. The molecule has 0 saturated carbocycles. The van der Waals surface area contributed by atoms with Crippen LogP contribution in [0.1, 0.15) is 29.6 Å². The molecule has 1 heterocycles. The van der Waals surface area contributed by atoms with Crippen molar-refractivity contribution in [2.45, 2.75) is 19.3 Å². The summed E-state index contributed by atoms with van der Waals surface area (Å²) in [5.41, 5.74) is 5.71. The van der Waals surface area contributed by atoms with Crippen LogP contribution in [0.25, 0.3) is 0 Å². The third-order valence-electron chi connectivity index (χ3n) is 3.98. The normalized spacial score (nSPS) is 18.9. The highest BCUT2D eigenvalue weighted by molar-refractivity contribution is 6.31. The Morgan fingerprint density at radius 2 is 2.23 bits per heavy atom. The maximum Gasteiger partial charge on any atom is 0.218 e. The molecule has 0 spiro atoms. The van der Waals surface area contributed by atoms with Gasteiger partial charge in [-0.05, 0) is 37.6 Å². The van der Waals surface area contributed by atoms with E-state index in [1.54, 1.807) is 25.3 Å². The zero-order chi connectivity index (χ0) is 16.1. The Bertz CT molecular complexity index is 562. The van der Waals surface area contributed by atoms with Crippen molar-refractivity contribution < 1.29 is 14.3 Å². The minimum absolute atomic E-state index is 0.0446. The fourth-order valence-electron chi connectivity index (χ4n) is 2.83. The van der Waals surface area contributed by atoms with Gasteiger partial charge >= 0.3 is 0 Å². The van der Waals surface area contributed by atoms with E-state index >= 15 is 0 Å². The molecule has 0 bridgehead atoms. The number of hydrogen-bond acceptors (Lipinski definition) is 4. The minimum atomic E-state index is -0.315. The van der Waals surface area contributed by atoms with E-state index < -0.39 is 0 Å². The van der Waals surface area contributed by atoms with Crippen LogP contribution in [0.15, 0.2) is 18.2 Å².